The van der Waals surface area contributed by atoms with Crippen LogP contribution in [0.4, 0.5) is 0 Å². The van der Waals surface area contributed by atoms with Gasteiger partial charge >= 0.3 is 0 Å². The van der Waals surface area contributed by atoms with Crippen molar-refractivity contribution >= 4 is 39.8 Å². The van der Waals surface area contributed by atoms with E-state index in [4.69, 9.17) is 11.6 Å². The van der Waals surface area contributed by atoms with Gasteiger partial charge in [0.15, 0.2) is 0 Å². The maximum Gasteiger partial charge on any atom is 0.233 e. The van der Waals surface area contributed by atoms with Gasteiger partial charge in [-0.2, -0.15) is 0 Å². The average Bonchev–Trinajstić information content (AvgIpc) is 2.47. The molecule has 2 aromatic carbocycles. The van der Waals surface area contributed by atoms with Crippen LogP contribution in [-0.2, 0) is 4.79 Å². The first kappa shape index (κ1) is 13.2. The minimum Gasteiger partial charge on any atom is -0.286 e. The number of Topliss-reactive ketones (excluding diaryl/α,β-unsaturated/α-hetero) is 1. The second kappa shape index (κ2) is 5.27. The minimum absolute atomic E-state index is 0.443. The molecule has 20 heavy (non-hydrogen) atoms. The predicted molar refractivity (Wildman–Crippen MR) is 81.1 cm³/mol. The number of hydrogen-bond donors (Lipinski definition) is 0. The lowest BCUT2D eigenvalue weighted by atomic mass is 9.95. The molecular weight excluding hydrogens is 292 g/mol. The van der Waals surface area contributed by atoms with Crippen LogP contribution < -0.4 is 0 Å². The van der Waals surface area contributed by atoms with Crippen molar-refractivity contribution in [3.63, 3.8) is 0 Å². The maximum absolute atomic E-state index is 11.8. The molecule has 0 spiro atoms. The van der Waals surface area contributed by atoms with E-state index in [-0.39, 0.29) is 0 Å². The molecule has 98 valence electrons. The normalized spacial score (nSPS) is 13.9. The summed E-state index contributed by atoms with van der Waals surface area (Å²) in [5.74, 6) is -0.916. The topological polar surface area (TPSA) is 34.1 Å². The zero-order valence-electron chi connectivity index (χ0n) is 10.3. The lowest BCUT2D eigenvalue weighted by Gasteiger charge is -2.15. The van der Waals surface area contributed by atoms with Crippen molar-refractivity contribution in [2.45, 2.75) is 4.90 Å². The fourth-order valence-electron chi connectivity index (χ4n) is 2.01. The number of halogens is 1. The van der Waals surface area contributed by atoms with E-state index in [2.05, 4.69) is 0 Å². The molecule has 1 aliphatic rings. The highest BCUT2D eigenvalue weighted by Gasteiger charge is 2.25. The molecule has 0 bridgehead atoms. The van der Waals surface area contributed by atoms with Gasteiger partial charge in [-0.3, -0.25) is 9.59 Å². The Balaban J connectivity index is 2.01. The monoisotopic (exact) mass is 300 g/mol. The third kappa shape index (κ3) is 2.42. The summed E-state index contributed by atoms with van der Waals surface area (Å²) in [7, 11) is 0. The van der Waals surface area contributed by atoms with Gasteiger partial charge in [0.25, 0.3) is 0 Å². The molecular formula is C16H9ClO2S. The van der Waals surface area contributed by atoms with E-state index in [1.165, 1.54) is 17.8 Å². The lowest BCUT2D eigenvalue weighted by Crippen LogP contribution is -2.17. The standard InChI is InChI=1S/C16H9ClO2S/c17-10-5-7-11(8-6-10)20-15-9-14(18)16(19)13-4-2-1-3-12(13)15/h1-9H. The van der Waals surface area contributed by atoms with E-state index >= 15 is 0 Å². The van der Waals surface area contributed by atoms with E-state index in [1.54, 1.807) is 24.3 Å². The Morgan fingerprint density at radius 3 is 2.20 bits per heavy atom. The van der Waals surface area contributed by atoms with Crippen LogP contribution in [0.25, 0.3) is 4.91 Å². The van der Waals surface area contributed by atoms with Crippen molar-refractivity contribution in [3.05, 3.63) is 70.8 Å². The van der Waals surface area contributed by atoms with Crippen molar-refractivity contribution in [2.75, 3.05) is 0 Å². The third-order valence-corrected chi connectivity index (χ3v) is 4.28. The van der Waals surface area contributed by atoms with Gasteiger partial charge in [-0.05, 0) is 29.8 Å². The Morgan fingerprint density at radius 2 is 1.50 bits per heavy atom. The number of allylic oxidation sites excluding steroid dienone is 1. The first-order chi connectivity index (χ1) is 9.65. The second-order valence-electron chi connectivity index (χ2n) is 4.30. The molecule has 0 unspecified atom stereocenters. The molecule has 1 aliphatic carbocycles. The first-order valence-corrected chi connectivity index (χ1v) is 7.18. The van der Waals surface area contributed by atoms with Crippen molar-refractivity contribution in [3.8, 4) is 0 Å². The van der Waals surface area contributed by atoms with Crippen LogP contribution in [0, 0.1) is 0 Å². The number of carbonyl (C=O) groups is 2. The van der Waals surface area contributed by atoms with Crippen LogP contribution >= 0.6 is 23.4 Å². The summed E-state index contributed by atoms with van der Waals surface area (Å²) in [4.78, 5) is 25.3. The Morgan fingerprint density at radius 1 is 0.850 bits per heavy atom. The summed E-state index contributed by atoms with van der Waals surface area (Å²) < 4.78 is 0. The molecule has 0 amide bonds. The molecule has 0 radical (unpaired) electrons. The fourth-order valence-corrected chi connectivity index (χ4v) is 3.11. The van der Waals surface area contributed by atoms with Crippen LogP contribution in [0.3, 0.4) is 0 Å². The predicted octanol–water partition coefficient (Wildman–Crippen LogP) is 4.24. The van der Waals surface area contributed by atoms with Crippen molar-refractivity contribution in [1.29, 1.82) is 0 Å². The molecule has 2 aromatic rings. The van der Waals surface area contributed by atoms with Crippen LogP contribution in [0.1, 0.15) is 15.9 Å². The quantitative estimate of drug-likeness (QED) is 0.778. The zero-order valence-corrected chi connectivity index (χ0v) is 11.9. The van der Waals surface area contributed by atoms with Crippen LogP contribution in [0.5, 0.6) is 0 Å². The molecule has 0 aromatic heterocycles. The molecule has 0 saturated carbocycles. The van der Waals surface area contributed by atoms with Gasteiger partial charge in [0.05, 0.1) is 0 Å². The highest BCUT2D eigenvalue weighted by Crippen LogP contribution is 2.38. The smallest absolute Gasteiger partial charge is 0.233 e. The van der Waals surface area contributed by atoms with E-state index in [0.717, 1.165) is 15.4 Å². The summed E-state index contributed by atoms with van der Waals surface area (Å²) in [6, 6.07) is 14.5. The summed E-state index contributed by atoms with van der Waals surface area (Å²) in [5, 5.41) is 0.665. The summed E-state index contributed by atoms with van der Waals surface area (Å²) in [6.07, 6.45) is 1.41. The Labute approximate surface area is 125 Å². The zero-order chi connectivity index (χ0) is 14.1. The first-order valence-electron chi connectivity index (χ1n) is 5.98. The minimum atomic E-state index is -0.472. The second-order valence-corrected chi connectivity index (χ2v) is 5.86. The van der Waals surface area contributed by atoms with E-state index in [9.17, 15) is 9.59 Å². The summed E-state index contributed by atoms with van der Waals surface area (Å²) >= 11 is 7.31. The van der Waals surface area contributed by atoms with Crippen molar-refractivity contribution in [1.82, 2.24) is 0 Å². The number of ketones is 2. The van der Waals surface area contributed by atoms with Gasteiger partial charge in [-0.25, -0.2) is 0 Å². The molecule has 0 fully saturated rings. The van der Waals surface area contributed by atoms with Crippen LogP contribution in [-0.4, -0.2) is 11.6 Å². The van der Waals surface area contributed by atoms with Crippen LogP contribution in [0.15, 0.2) is 59.5 Å². The number of fused-ring (bicyclic) bond motifs is 1. The number of benzene rings is 2. The van der Waals surface area contributed by atoms with Crippen molar-refractivity contribution in [2.24, 2.45) is 0 Å². The van der Waals surface area contributed by atoms with Gasteiger partial charge < -0.3 is 0 Å². The maximum atomic E-state index is 11.8. The van der Waals surface area contributed by atoms with Crippen molar-refractivity contribution < 1.29 is 9.59 Å². The Bertz CT molecular complexity index is 732. The Hall–Kier alpha value is -1.84. The largest absolute Gasteiger partial charge is 0.286 e. The van der Waals surface area contributed by atoms with E-state index in [1.807, 2.05) is 24.3 Å². The van der Waals surface area contributed by atoms with Crippen LogP contribution in [0.2, 0.25) is 5.02 Å². The lowest BCUT2D eigenvalue weighted by molar-refractivity contribution is -0.110. The van der Waals surface area contributed by atoms with Gasteiger partial charge in [-0.15, -0.1) is 0 Å². The van der Waals surface area contributed by atoms with E-state index in [0.29, 0.717) is 10.6 Å². The molecule has 0 saturated heterocycles. The molecule has 4 heteroatoms. The molecule has 0 N–H and O–H groups in total. The SMILES string of the molecule is O=C1C=C(Sc2ccc(Cl)cc2)c2ccccc2C1=O. The van der Waals surface area contributed by atoms with Gasteiger partial charge in [0.2, 0.25) is 11.6 Å². The highest BCUT2D eigenvalue weighted by atomic mass is 35.5. The number of hydrogen-bond acceptors (Lipinski definition) is 3. The number of carbonyl (C=O) groups excluding carboxylic acids is 2. The molecule has 3 rings (SSSR count). The highest BCUT2D eigenvalue weighted by molar-refractivity contribution is 8.08. The summed E-state index contributed by atoms with van der Waals surface area (Å²) in [6.45, 7) is 0. The third-order valence-electron chi connectivity index (χ3n) is 2.96. The molecule has 0 heterocycles. The molecule has 0 atom stereocenters. The fraction of sp³-hybridized carbons (Fsp3) is 0. The molecule has 2 nitrogen and oxygen atoms in total. The Kier molecular flexibility index (Phi) is 3.47. The van der Waals surface area contributed by atoms with Gasteiger partial charge in [0, 0.05) is 26.5 Å². The number of thioether (sulfide) groups is 1. The van der Waals surface area contributed by atoms with E-state index < -0.39 is 11.6 Å². The molecule has 0 aliphatic heterocycles. The van der Waals surface area contributed by atoms with Gasteiger partial charge in [-0.1, -0.05) is 47.6 Å². The summed E-state index contributed by atoms with van der Waals surface area (Å²) in [5.41, 5.74) is 1.27. The number of rotatable bonds is 2. The average molecular weight is 301 g/mol. The van der Waals surface area contributed by atoms with Gasteiger partial charge in [0.1, 0.15) is 0 Å².